The van der Waals surface area contributed by atoms with Gasteiger partial charge in [-0.1, -0.05) is 0 Å². The van der Waals surface area contributed by atoms with Gasteiger partial charge in [0.15, 0.2) is 11.5 Å². The summed E-state index contributed by atoms with van der Waals surface area (Å²) in [6.45, 7) is 0. The van der Waals surface area contributed by atoms with Gasteiger partial charge in [-0.25, -0.2) is 0 Å². The van der Waals surface area contributed by atoms with Crippen molar-refractivity contribution in [3.8, 4) is 0 Å². The molecule has 0 aromatic rings. The van der Waals surface area contributed by atoms with E-state index in [0.29, 0.717) is 17.1 Å². The van der Waals surface area contributed by atoms with Gasteiger partial charge in [-0.15, -0.1) is 0 Å². The van der Waals surface area contributed by atoms with Crippen LogP contribution in [0.15, 0.2) is 23.2 Å². The number of hydrogen-bond donors (Lipinski definition) is 1. The summed E-state index contributed by atoms with van der Waals surface area (Å²) in [5.41, 5.74) is 0.525. The third-order valence-corrected chi connectivity index (χ3v) is 1.64. The van der Waals surface area contributed by atoms with Crippen LogP contribution in [0.3, 0.4) is 0 Å². The summed E-state index contributed by atoms with van der Waals surface area (Å²) in [6.07, 6.45) is 1.64. The van der Waals surface area contributed by atoms with Crippen LogP contribution in [-0.2, 0) is 14.3 Å². The Morgan fingerprint density at radius 3 is 2.50 bits per heavy atom. The molecule has 1 aliphatic rings. The Labute approximate surface area is 70.8 Å². The second-order valence-electron chi connectivity index (χ2n) is 2.24. The number of methoxy groups -OCH3 is 2. The summed E-state index contributed by atoms with van der Waals surface area (Å²) in [4.78, 5) is 11.1. The van der Waals surface area contributed by atoms with Gasteiger partial charge in [-0.05, 0) is 0 Å². The molecule has 0 heterocycles. The van der Waals surface area contributed by atoms with E-state index >= 15 is 0 Å². The van der Waals surface area contributed by atoms with Gasteiger partial charge in [0.2, 0.25) is 0 Å². The lowest BCUT2D eigenvalue weighted by Crippen LogP contribution is -2.25. The minimum Gasteiger partial charge on any atom is -0.493 e. The maximum absolute atomic E-state index is 11.1. The fourth-order valence-corrected chi connectivity index (χ4v) is 0.983. The van der Waals surface area contributed by atoms with Crippen molar-refractivity contribution >= 4 is 5.91 Å². The molecule has 0 aliphatic heterocycles. The molecule has 1 aliphatic carbocycles. The summed E-state index contributed by atoms with van der Waals surface area (Å²) < 4.78 is 9.86. The Morgan fingerprint density at radius 2 is 2.08 bits per heavy atom. The molecule has 0 radical (unpaired) electrons. The molecule has 4 nitrogen and oxygen atoms in total. The largest absolute Gasteiger partial charge is 0.493 e. The SMILES string of the molecule is CNC(=O)C1=C(OC)C(OC)=C1. The number of amides is 1. The van der Waals surface area contributed by atoms with E-state index in [2.05, 4.69) is 5.32 Å². The first-order valence-corrected chi connectivity index (χ1v) is 3.51. The summed E-state index contributed by atoms with van der Waals surface area (Å²) >= 11 is 0. The topological polar surface area (TPSA) is 47.6 Å². The number of carbonyl (C=O) groups excluding carboxylic acids is 1. The van der Waals surface area contributed by atoms with Crippen LogP contribution in [0.25, 0.3) is 0 Å². The van der Waals surface area contributed by atoms with E-state index in [9.17, 15) is 4.79 Å². The molecule has 0 spiro atoms. The molecule has 4 heteroatoms. The molecule has 1 N–H and O–H groups in total. The molecule has 1 amide bonds. The molecular formula is C8H11NO3. The third kappa shape index (κ3) is 1.15. The van der Waals surface area contributed by atoms with Crippen LogP contribution in [0, 0.1) is 0 Å². The molecule has 66 valence electrons. The minimum atomic E-state index is -0.160. The van der Waals surface area contributed by atoms with Crippen molar-refractivity contribution < 1.29 is 14.3 Å². The number of hydrogen-bond acceptors (Lipinski definition) is 3. The molecule has 0 unspecified atom stereocenters. The van der Waals surface area contributed by atoms with E-state index in [1.807, 2.05) is 0 Å². The molecule has 0 bridgehead atoms. The van der Waals surface area contributed by atoms with E-state index in [1.165, 1.54) is 14.2 Å². The highest BCUT2D eigenvalue weighted by Gasteiger charge is 2.26. The zero-order chi connectivity index (χ0) is 9.14. The highest BCUT2D eigenvalue weighted by molar-refractivity contribution is 5.99. The zero-order valence-corrected chi connectivity index (χ0v) is 7.30. The average Bonchev–Trinajstić information content (AvgIpc) is 2.04. The molecule has 0 saturated carbocycles. The first-order chi connectivity index (χ1) is 5.74. The number of nitrogens with one attached hydrogen (secondary N) is 1. The highest BCUT2D eigenvalue weighted by atomic mass is 16.5. The standard InChI is InChI=1S/C8H11NO3/c1-9-8(10)5-4-6(11-2)7(5)12-3/h4H,1-3H3,(H,9,10). The summed E-state index contributed by atoms with van der Waals surface area (Å²) in [5, 5.41) is 2.50. The zero-order valence-electron chi connectivity index (χ0n) is 7.30. The van der Waals surface area contributed by atoms with Gasteiger partial charge in [0, 0.05) is 13.1 Å². The molecule has 12 heavy (non-hydrogen) atoms. The summed E-state index contributed by atoms with van der Waals surface area (Å²) in [7, 11) is 4.61. The molecule has 1 rings (SSSR count). The molecule has 0 aromatic heterocycles. The van der Waals surface area contributed by atoms with Gasteiger partial charge in [-0.3, -0.25) is 4.79 Å². The van der Waals surface area contributed by atoms with Crippen LogP contribution in [0.2, 0.25) is 0 Å². The Bertz CT molecular complexity index is 265. The van der Waals surface area contributed by atoms with Gasteiger partial charge in [-0.2, -0.15) is 0 Å². The first kappa shape index (κ1) is 8.64. The van der Waals surface area contributed by atoms with E-state index in [-0.39, 0.29) is 5.91 Å². The van der Waals surface area contributed by atoms with Crippen molar-refractivity contribution in [1.29, 1.82) is 0 Å². The summed E-state index contributed by atoms with van der Waals surface area (Å²) in [6, 6.07) is 0. The van der Waals surface area contributed by atoms with Crippen LogP contribution < -0.4 is 5.32 Å². The van der Waals surface area contributed by atoms with Crippen molar-refractivity contribution in [2.75, 3.05) is 21.3 Å². The molecule has 0 saturated heterocycles. The molecule has 0 aromatic carbocycles. The number of rotatable bonds is 3. The van der Waals surface area contributed by atoms with Gasteiger partial charge in [0.1, 0.15) is 0 Å². The minimum absolute atomic E-state index is 0.160. The van der Waals surface area contributed by atoms with E-state index < -0.39 is 0 Å². The lowest BCUT2D eigenvalue weighted by atomic mass is 10.0. The summed E-state index contributed by atoms with van der Waals surface area (Å²) in [5.74, 6) is 0.959. The Morgan fingerprint density at radius 1 is 1.42 bits per heavy atom. The Hall–Kier alpha value is -1.45. The fourth-order valence-electron chi connectivity index (χ4n) is 0.983. The Balaban J connectivity index is 2.74. The highest BCUT2D eigenvalue weighted by Crippen LogP contribution is 2.28. The van der Waals surface area contributed by atoms with Crippen LogP contribution in [0.4, 0.5) is 0 Å². The lowest BCUT2D eigenvalue weighted by Gasteiger charge is -2.20. The van der Waals surface area contributed by atoms with E-state index in [0.717, 1.165) is 0 Å². The van der Waals surface area contributed by atoms with Crippen molar-refractivity contribution in [3.05, 3.63) is 23.2 Å². The van der Waals surface area contributed by atoms with Crippen molar-refractivity contribution in [3.63, 3.8) is 0 Å². The number of likely N-dealkylation sites (N-methyl/N-ethyl adjacent to an activating group) is 1. The monoisotopic (exact) mass is 169 g/mol. The second kappa shape index (κ2) is 3.30. The Kier molecular flexibility index (Phi) is 2.38. The first-order valence-electron chi connectivity index (χ1n) is 3.51. The average molecular weight is 169 g/mol. The van der Waals surface area contributed by atoms with Crippen LogP contribution >= 0.6 is 0 Å². The second-order valence-corrected chi connectivity index (χ2v) is 2.24. The van der Waals surface area contributed by atoms with Gasteiger partial charge < -0.3 is 14.8 Å². The van der Waals surface area contributed by atoms with E-state index in [1.54, 1.807) is 13.1 Å². The van der Waals surface area contributed by atoms with Crippen molar-refractivity contribution in [1.82, 2.24) is 5.32 Å². The number of carbonyl (C=O) groups is 1. The smallest absolute Gasteiger partial charge is 0.255 e. The fraction of sp³-hybridized carbons (Fsp3) is 0.375. The normalized spacial score (nSPS) is 14.8. The van der Waals surface area contributed by atoms with Crippen molar-refractivity contribution in [2.24, 2.45) is 0 Å². The van der Waals surface area contributed by atoms with Crippen LogP contribution in [0.1, 0.15) is 0 Å². The molecule has 0 atom stereocenters. The predicted molar refractivity (Wildman–Crippen MR) is 43.2 cm³/mol. The lowest BCUT2D eigenvalue weighted by molar-refractivity contribution is -0.117. The van der Waals surface area contributed by atoms with Gasteiger partial charge >= 0.3 is 0 Å². The van der Waals surface area contributed by atoms with Crippen LogP contribution in [0.5, 0.6) is 0 Å². The van der Waals surface area contributed by atoms with Gasteiger partial charge in [0.25, 0.3) is 5.91 Å². The predicted octanol–water partition coefficient (Wildman–Crippen LogP) is 0.177. The molecule has 0 fully saturated rings. The quantitative estimate of drug-likeness (QED) is 0.655. The molecular weight excluding hydrogens is 158 g/mol. The van der Waals surface area contributed by atoms with Crippen molar-refractivity contribution in [2.45, 2.75) is 0 Å². The maximum atomic E-state index is 11.1. The van der Waals surface area contributed by atoms with Gasteiger partial charge in [0.05, 0.1) is 19.8 Å². The van der Waals surface area contributed by atoms with Crippen LogP contribution in [-0.4, -0.2) is 27.2 Å². The maximum Gasteiger partial charge on any atom is 0.255 e. The third-order valence-electron chi connectivity index (χ3n) is 1.64. The van der Waals surface area contributed by atoms with E-state index in [4.69, 9.17) is 9.47 Å². The number of ether oxygens (including phenoxy) is 2.